The first-order chi connectivity index (χ1) is 7.81. The third kappa shape index (κ3) is 12.0. The van der Waals surface area contributed by atoms with Crippen molar-refractivity contribution in [3.63, 3.8) is 0 Å². The van der Waals surface area contributed by atoms with Gasteiger partial charge < -0.3 is 5.11 Å². The monoisotopic (exact) mass is 227 g/mol. The number of rotatable bonds is 12. The van der Waals surface area contributed by atoms with Crippen LogP contribution in [0.2, 0.25) is 0 Å². The van der Waals surface area contributed by atoms with Gasteiger partial charge in [0.05, 0.1) is 6.10 Å². The van der Waals surface area contributed by atoms with Gasteiger partial charge in [-0.05, 0) is 12.8 Å². The van der Waals surface area contributed by atoms with E-state index in [1.807, 2.05) is 6.92 Å². The molecule has 0 aromatic heterocycles. The summed E-state index contributed by atoms with van der Waals surface area (Å²) in [6, 6.07) is 0. The van der Waals surface area contributed by atoms with Crippen LogP contribution in [0.3, 0.4) is 0 Å². The van der Waals surface area contributed by atoms with Crippen LogP contribution in [0.5, 0.6) is 0 Å². The van der Waals surface area contributed by atoms with E-state index in [4.69, 9.17) is 0 Å². The second kappa shape index (κ2) is 13.0. The zero-order chi connectivity index (χ0) is 12.1. The van der Waals surface area contributed by atoms with Crippen molar-refractivity contribution in [3.8, 4) is 0 Å². The quantitative estimate of drug-likeness (QED) is 0.429. The van der Waals surface area contributed by atoms with Crippen LogP contribution in [-0.2, 0) is 0 Å². The Morgan fingerprint density at radius 2 is 1.12 bits per heavy atom. The largest absolute Gasteiger partial charge is 0.387 e. The minimum absolute atomic E-state index is 0.680. The molecular weight excluding hydrogens is 196 g/mol. The first kappa shape index (κ1) is 16.0. The highest BCUT2D eigenvalue weighted by Gasteiger charge is 2.00. The second-order valence-corrected chi connectivity index (χ2v) is 4.85. The lowest BCUT2D eigenvalue weighted by molar-refractivity contribution is 0.268. The van der Waals surface area contributed by atoms with Crippen LogP contribution < -0.4 is 0 Å². The van der Waals surface area contributed by atoms with Gasteiger partial charge in [0.2, 0.25) is 0 Å². The maximum Gasteiger partial charge on any atom is 0.0930 e. The summed E-state index contributed by atoms with van der Waals surface area (Å²) in [5, 5.41) is 9.30. The van der Waals surface area contributed by atoms with Crippen molar-refractivity contribution in [1.82, 2.24) is 0 Å². The summed E-state index contributed by atoms with van der Waals surface area (Å²) < 4.78 is 0. The molecule has 0 heterocycles. The Hall–Kier alpha value is -0.0400. The molecule has 0 atom stereocenters. The van der Waals surface area contributed by atoms with Crippen LogP contribution in [0.15, 0.2) is 0 Å². The Balaban J connectivity index is 2.93. The third-order valence-electron chi connectivity index (χ3n) is 3.23. The van der Waals surface area contributed by atoms with Gasteiger partial charge in [-0.1, -0.05) is 78.1 Å². The van der Waals surface area contributed by atoms with E-state index < -0.39 is 0 Å². The van der Waals surface area contributed by atoms with Gasteiger partial charge in [0.1, 0.15) is 0 Å². The lowest BCUT2D eigenvalue weighted by atomic mass is 10.0. The lowest BCUT2D eigenvalue weighted by Crippen LogP contribution is -1.93. The van der Waals surface area contributed by atoms with Gasteiger partial charge in [-0.15, -0.1) is 0 Å². The average molecular weight is 227 g/mol. The molecule has 0 amide bonds. The molecule has 0 bridgehead atoms. The molecule has 0 aliphatic rings. The molecule has 97 valence electrons. The van der Waals surface area contributed by atoms with Crippen molar-refractivity contribution in [2.24, 2.45) is 0 Å². The molecule has 1 nitrogen and oxygen atoms in total. The molecular formula is C15H31O. The van der Waals surface area contributed by atoms with Gasteiger partial charge in [-0.3, -0.25) is 0 Å². The molecule has 0 aliphatic carbocycles. The minimum Gasteiger partial charge on any atom is -0.387 e. The van der Waals surface area contributed by atoms with Gasteiger partial charge in [0.25, 0.3) is 0 Å². The van der Waals surface area contributed by atoms with Crippen molar-refractivity contribution in [2.45, 2.75) is 90.9 Å². The van der Waals surface area contributed by atoms with E-state index in [0.717, 1.165) is 12.8 Å². The zero-order valence-electron chi connectivity index (χ0n) is 11.4. The van der Waals surface area contributed by atoms with E-state index in [-0.39, 0.29) is 0 Å². The van der Waals surface area contributed by atoms with Crippen molar-refractivity contribution in [2.75, 3.05) is 0 Å². The predicted octanol–water partition coefficient (Wildman–Crippen LogP) is 5.61. The number of aliphatic hydroxyl groups is 1. The minimum atomic E-state index is 0.680. The van der Waals surface area contributed by atoms with Crippen molar-refractivity contribution in [1.29, 1.82) is 0 Å². The molecule has 0 rings (SSSR count). The highest BCUT2D eigenvalue weighted by atomic mass is 16.3. The van der Waals surface area contributed by atoms with E-state index in [2.05, 4.69) is 6.92 Å². The summed E-state index contributed by atoms with van der Waals surface area (Å²) >= 11 is 0. The zero-order valence-corrected chi connectivity index (χ0v) is 11.4. The number of aliphatic hydroxyl groups excluding tert-OH is 1. The number of hydrogen-bond donors (Lipinski definition) is 1. The highest BCUT2D eigenvalue weighted by molar-refractivity contribution is 4.71. The maximum absolute atomic E-state index is 9.30. The van der Waals surface area contributed by atoms with Crippen LogP contribution in [0.25, 0.3) is 0 Å². The molecule has 1 radical (unpaired) electrons. The van der Waals surface area contributed by atoms with E-state index in [1.54, 1.807) is 0 Å². The molecule has 0 saturated heterocycles. The molecule has 0 unspecified atom stereocenters. The van der Waals surface area contributed by atoms with Crippen LogP contribution in [-0.4, -0.2) is 5.11 Å². The first-order valence-corrected chi connectivity index (χ1v) is 7.34. The van der Waals surface area contributed by atoms with Gasteiger partial charge >= 0.3 is 0 Å². The Morgan fingerprint density at radius 3 is 1.56 bits per heavy atom. The standard InChI is InChI=1S/C15H31O/c1-3-5-6-7-8-9-10-11-12-13-14-15(16)4-2/h16H,3-14H2,1-2H3. The molecule has 0 spiro atoms. The summed E-state index contributed by atoms with van der Waals surface area (Å²) in [6.07, 6.45) is 16.1. The molecule has 0 aromatic rings. The SMILES string of the molecule is CCCCCCCCCCCC[C](O)CC. The molecule has 1 N–H and O–H groups in total. The fraction of sp³-hybridized carbons (Fsp3) is 0.933. The summed E-state index contributed by atoms with van der Waals surface area (Å²) in [7, 11) is 0. The first-order valence-electron chi connectivity index (χ1n) is 7.34. The molecule has 0 aromatic carbocycles. The van der Waals surface area contributed by atoms with E-state index in [9.17, 15) is 5.11 Å². The molecule has 0 saturated carbocycles. The fourth-order valence-electron chi connectivity index (χ4n) is 1.99. The third-order valence-corrected chi connectivity index (χ3v) is 3.23. The Morgan fingerprint density at radius 1 is 0.688 bits per heavy atom. The van der Waals surface area contributed by atoms with Crippen molar-refractivity contribution < 1.29 is 5.11 Å². The Labute approximate surface area is 103 Å². The summed E-state index contributed by atoms with van der Waals surface area (Å²) in [6.45, 7) is 4.29. The maximum atomic E-state index is 9.30. The summed E-state index contributed by atoms with van der Waals surface area (Å²) in [5.41, 5.74) is 0. The van der Waals surface area contributed by atoms with Crippen LogP contribution in [0.1, 0.15) is 90.9 Å². The topological polar surface area (TPSA) is 20.2 Å². The Bertz CT molecular complexity index is 123. The smallest absolute Gasteiger partial charge is 0.0930 e. The second-order valence-electron chi connectivity index (χ2n) is 4.85. The molecule has 0 aliphatic heterocycles. The highest BCUT2D eigenvalue weighted by Crippen LogP contribution is 2.14. The van der Waals surface area contributed by atoms with E-state index in [0.29, 0.717) is 6.10 Å². The summed E-state index contributed by atoms with van der Waals surface area (Å²) in [4.78, 5) is 0. The van der Waals surface area contributed by atoms with Crippen molar-refractivity contribution >= 4 is 0 Å². The van der Waals surface area contributed by atoms with Gasteiger partial charge in [0, 0.05) is 0 Å². The molecule has 16 heavy (non-hydrogen) atoms. The lowest BCUT2D eigenvalue weighted by Gasteiger charge is -2.05. The van der Waals surface area contributed by atoms with Crippen LogP contribution in [0, 0.1) is 6.10 Å². The number of hydrogen-bond acceptors (Lipinski definition) is 1. The van der Waals surface area contributed by atoms with E-state index in [1.165, 1.54) is 64.2 Å². The predicted molar refractivity (Wildman–Crippen MR) is 71.9 cm³/mol. The fourth-order valence-corrected chi connectivity index (χ4v) is 1.99. The number of unbranched alkanes of at least 4 members (excludes halogenated alkanes) is 9. The molecule has 1 heteroatoms. The van der Waals surface area contributed by atoms with Gasteiger partial charge in [-0.2, -0.15) is 0 Å². The van der Waals surface area contributed by atoms with Crippen LogP contribution in [0.4, 0.5) is 0 Å². The average Bonchev–Trinajstić information content (AvgIpc) is 2.31. The molecule has 0 fully saturated rings. The van der Waals surface area contributed by atoms with Gasteiger partial charge in [-0.25, -0.2) is 0 Å². The van der Waals surface area contributed by atoms with Crippen LogP contribution >= 0.6 is 0 Å². The summed E-state index contributed by atoms with van der Waals surface area (Å²) in [5.74, 6) is 0. The normalized spacial score (nSPS) is 11.2. The van der Waals surface area contributed by atoms with Crippen molar-refractivity contribution in [3.05, 3.63) is 6.10 Å². The Kier molecular flexibility index (Phi) is 13.0. The van der Waals surface area contributed by atoms with Gasteiger partial charge in [0.15, 0.2) is 0 Å². The van der Waals surface area contributed by atoms with E-state index >= 15 is 0 Å².